The number of rotatable bonds is 8. The van der Waals surface area contributed by atoms with Gasteiger partial charge in [-0.25, -0.2) is 13.1 Å². The Morgan fingerprint density at radius 1 is 1.43 bits per heavy atom. The second-order valence-electron chi connectivity index (χ2n) is 4.99. The maximum atomic E-state index is 12.6. The zero-order valence-corrected chi connectivity index (χ0v) is 15.1. The van der Waals surface area contributed by atoms with Gasteiger partial charge in [0.15, 0.2) is 0 Å². The zero-order chi connectivity index (χ0) is 16.0. The summed E-state index contributed by atoms with van der Waals surface area (Å²) in [5.74, 6) is 0. The lowest BCUT2D eigenvalue weighted by Crippen LogP contribution is -2.38. The van der Waals surface area contributed by atoms with Crippen LogP contribution in [0.25, 0.3) is 0 Å². The number of hydrogen-bond acceptors (Lipinski definition) is 4. The summed E-state index contributed by atoms with van der Waals surface area (Å²) in [4.78, 5) is 0.222. The first kappa shape index (κ1) is 18.6. The van der Waals surface area contributed by atoms with Gasteiger partial charge in [-0.3, -0.25) is 0 Å². The molecule has 1 aromatic carbocycles. The first-order valence-electron chi connectivity index (χ1n) is 6.86. The van der Waals surface area contributed by atoms with Crippen LogP contribution in [0.4, 0.5) is 0 Å². The minimum absolute atomic E-state index is 0.222. The van der Waals surface area contributed by atoms with Gasteiger partial charge >= 0.3 is 0 Å². The fourth-order valence-corrected chi connectivity index (χ4v) is 4.45. The molecule has 0 heterocycles. The van der Waals surface area contributed by atoms with Gasteiger partial charge in [0.05, 0.1) is 11.5 Å². The number of benzene rings is 1. The molecule has 0 spiro atoms. The second kappa shape index (κ2) is 8.24. The summed E-state index contributed by atoms with van der Waals surface area (Å²) in [5, 5.41) is 0. The van der Waals surface area contributed by atoms with Gasteiger partial charge < -0.3 is 10.5 Å². The molecule has 1 aromatic rings. The van der Waals surface area contributed by atoms with Gasteiger partial charge in [-0.15, -0.1) is 0 Å². The molecule has 120 valence electrons. The molecule has 1 rings (SSSR count). The Bertz CT molecular complexity index is 570. The van der Waals surface area contributed by atoms with Crippen LogP contribution < -0.4 is 10.5 Å². The minimum Gasteiger partial charge on any atom is -0.383 e. The molecule has 0 amide bonds. The number of sulfonamides is 1. The van der Waals surface area contributed by atoms with Crippen molar-refractivity contribution in [2.24, 2.45) is 5.73 Å². The Hall–Kier alpha value is -0.470. The maximum Gasteiger partial charge on any atom is 0.242 e. The Balaban J connectivity index is 3.14. The molecular weight excluding hydrogens is 356 g/mol. The molecule has 21 heavy (non-hydrogen) atoms. The SMILES string of the molecule is CCCC(COC)NS(=O)(=O)c1cc(CN)cc(C)c1Br. The third-order valence-corrected chi connectivity index (χ3v) is 5.99. The van der Waals surface area contributed by atoms with Crippen molar-refractivity contribution in [1.29, 1.82) is 0 Å². The molecule has 0 aliphatic heterocycles. The fourth-order valence-electron chi connectivity index (χ4n) is 2.13. The monoisotopic (exact) mass is 378 g/mol. The summed E-state index contributed by atoms with van der Waals surface area (Å²) in [6.07, 6.45) is 1.60. The third kappa shape index (κ3) is 5.03. The van der Waals surface area contributed by atoms with Crippen LogP contribution in [0, 0.1) is 6.92 Å². The summed E-state index contributed by atoms with van der Waals surface area (Å²) < 4.78 is 33.5. The van der Waals surface area contributed by atoms with E-state index < -0.39 is 10.0 Å². The van der Waals surface area contributed by atoms with Crippen LogP contribution in [0.1, 0.15) is 30.9 Å². The highest BCUT2D eigenvalue weighted by Gasteiger charge is 2.23. The molecule has 0 aliphatic rings. The number of methoxy groups -OCH3 is 1. The van der Waals surface area contributed by atoms with E-state index in [1.54, 1.807) is 13.2 Å². The molecule has 3 N–H and O–H groups in total. The van der Waals surface area contributed by atoms with Gasteiger partial charge in [0, 0.05) is 24.2 Å². The molecule has 0 saturated carbocycles. The van der Waals surface area contributed by atoms with E-state index in [1.165, 1.54) is 0 Å². The third-order valence-electron chi connectivity index (χ3n) is 3.13. The Kier molecular flexibility index (Phi) is 7.29. The van der Waals surface area contributed by atoms with Gasteiger partial charge in [-0.2, -0.15) is 0 Å². The average Bonchev–Trinajstić information content (AvgIpc) is 2.41. The molecule has 0 aromatic heterocycles. The summed E-state index contributed by atoms with van der Waals surface area (Å²) in [6.45, 7) is 4.50. The highest BCUT2D eigenvalue weighted by molar-refractivity contribution is 9.10. The first-order valence-corrected chi connectivity index (χ1v) is 9.13. The van der Waals surface area contributed by atoms with Crippen molar-refractivity contribution in [3.8, 4) is 0 Å². The van der Waals surface area contributed by atoms with E-state index in [9.17, 15) is 8.42 Å². The molecule has 0 fully saturated rings. The van der Waals surface area contributed by atoms with E-state index in [1.807, 2.05) is 19.9 Å². The number of aryl methyl sites for hydroxylation is 1. The molecule has 0 saturated heterocycles. The van der Waals surface area contributed by atoms with Crippen molar-refractivity contribution in [3.63, 3.8) is 0 Å². The van der Waals surface area contributed by atoms with Crippen LogP contribution in [-0.2, 0) is 21.3 Å². The molecule has 0 aliphatic carbocycles. The summed E-state index contributed by atoms with van der Waals surface area (Å²) >= 11 is 3.36. The molecule has 5 nitrogen and oxygen atoms in total. The number of nitrogens with one attached hydrogen (secondary N) is 1. The van der Waals surface area contributed by atoms with Crippen LogP contribution in [0.15, 0.2) is 21.5 Å². The number of hydrogen-bond donors (Lipinski definition) is 2. The normalized spacial score (nSPS) is 13.4. The molecule has 0 bridgehead atoms. The van der Waals surface area contributed by atoms with E-state index >= 15 is 0 Å². The predicted molar refractivity (Wildman–Crippen MR) is 87.7 cm³/mol. The van der Waals surface area contributed by atoms with Crippen molar-refractivity contribution >= 4 is 26.0 Å². The van der Waals surface area contributed by atoms with Crippen molar-refractivity contribution in [2.45, 2.75) is 44.2 Å². The molecule has 1 atom stereocenters. The lowest BCUT2D eigenvalue weighted by Gasteiger charge is -2.19. The largest absolute Gasteiger partial charge is 0.383 e. The van der Waals surface area contributed by atoms with Crippen LogP contribution in [0.5, 0.6) is 0 Å². The quantitative estimate of drug-likeness (QED) is 0.726. The van der Waals surface area contributed by atoms with E-state index in [2.05, 4.69) is 20.7 Å². The van der Waals surface area contributed by atoms with Crippen molar-refractivity contribution in [1.82, 2.24) is 4.72 Å². The topological polar surface area (TPSA) is 81.4 Å². The van der Waals surface area contributed by atoms with E-state index in [-0.39, 0.29) is 10.9 Å². The highest BCUT2D eigenvalue weighted by atomic mass is 79.9. The molecule has 1 unspecified atom stereocenters. The van der Waals surface area contributed by atoms with Gasteiger partial charge in [0.1, 0.15) is 0 Å². The molecule has 7 heteroatoms. The predicted octanol–water partition coefficient (Wildman–Crippen LogP) is 2.31. The molecular formula is C14H23BrN2O3S. The average molecular weight is 379 g/mol. The summed E-state index contributed by atoms with van der Waals surface area (Å²) in [6, 6.07) is 3.25. The maximum absolute atomic E-state index is 12.6. The lowest BCUT2D eigenvalue weighted by molar-refractivity contribution is 0.171. The second-order valence-corrected chi connectivity index (χ2v) is 7.47. The van der Waals surface area contributed by atoms with Crippen molar-refractivity contribution in [2.75, 3.05) is 13.7 Å². The lowest BCUT2D eigenvalue weighted by atomic mass is 10.1. The smallest absolute Gasteiger partial charge is 0.242 e. The number of nitrogens with two attached hydrogens (primary N) is 1. The zero-order valence-electron chi connectivity index (χ0n) is 12.6. The van der Waals surface area contributed by atoms with Gasteiger partial charge in [0.25, 0.3) is 0 Å². The van der Waals surface area contributed by atoms with E-state index in [0.717, 1.165) is 24.0 Å². The van der Waals surface area contributed by atoms with Gasteiger partial charge in [-0.1, -0.05) is 19.4 Å². The number of halogens is 1. The Morgan fingerprint density at radius 2 is 2.10 bits per heavy atom. The van der Waals surface area contributed by atoms with Crippen LogP contribution in [0.2, 0.25) is 0 Å². The fraction of sp³-hybridized carbons (Fsp3) is 0.571. The van der Waals surface area contributed by atoms with Gasteiger partial charge in [-0.05, 0) is 46.5 Å². The standard InChI is InChI=1S/C14H23BrN2O3S/c1-4-5-12(9-20-3)17-21(18,19)13-7-11(8-16)6-10(2)14(13)15/h6-7,12,17H,4-5,8-9,16H2,1-3H3. The summed E-state index contributed by atoms with van der Waals surface area (Å²) in [5.41, 5.74) is 7.26. The van der Waals surface area contributed by atoms with Crippen LogP contribution in [-0.4, -0.2) is 28.2 Å². The van der Waals surface area contributed by atoms with E-state index in [4.69, 9.17) is 10.5 Å². The van der Waals surface area contributed by atoms with Crippen molar-refractivity contribution in [3.05, 3.63) is 27.7 Å². The Labute approximate surface area is 135 Å². The van der Waals surface area contributed by atoms with Crippen LogP contribution >= 0.6 is 15.9 Å². The number of ether oxygens (including phenoxy) is 1. The Morgan fingerprint density at radius 3 is 2.62 bits per heavy atom. The van der Waals surface area contributed by atoms with E-state index in [0.29, 0.717) is 17.6 Å². The molecule has 0 radical (unpaired) electrons. The minimum atomic E-state index is -3.62. The van der Waals surface area contributed by atoms with Crippen molar-refractivity contribution < 1.29 is 13.2 Å². The first-order chi connectivity index (χ1) is 9.85. The summed E-state index contributed by atoms with van der Waals surface area (Å²) in [7, 11) is -2.06. The highest BCUT2D eigenvalue weighted by Crippen LogP contribution is 2.27. The van der Waals surface area contributed by atoms with Crippen LogP contribution in [0.3, 0.4) is 0 Å². The van der Waals surface area contributed by atoms with Gasteiger partial charge in [0.2, 0.25) is 10.0 Å².